The van der Waals surface area contributed by atoms with Crippen molar-refractivity contribution in [3.63, 3.8) is 0 Å². The summed E-state index contributed by atoms with van der Waals surface area (Å²) in [7, 11) is 1.86. The van der Waals surface area contributed by atoms with Crippen LogP contribution in [0.15, 0.2) is 17.2 Å². The van der Waals surface area contributed by atoms with E-state index >= 15 is 0 Å². The predicted molar refractivity (Wildman–Crippen MR) is 79.9 cm³/mol. The fourth-order valence-electron chi connectivity index (χ4n) is 1.21. The van der Waals surface area contributed by atoms with Crippen LogP contribution in [0.3, 0.4) is 0 Å². The van der Waals surface area contributed by atoms with E-state index in [9.17, 15) is 0 Å². The predicted octanol–water partition coefficient (Wildman–Crippen LogP) is 3.00. The molecular formula is C12H19N3S2. The smallest absolute Gasteiger partial charge is 0.189 e. The number of rotatable bonds is 5. The summed E-state index contributed by atoms with van der Waals surface area (Å²) in [6, 6.07) is 4.15. The van der Waals surface area contributed by atoms with Crippen LogP contribution in [-0.4, -0.2) is 29.9 Å². The molecule has 0 aliphatic carbocycles. The van der Waals surface area contributed by atoms with Crippen LogP contribution < -0.4 is 5.32 Å². The van der Waals surface area contributed by atoms with Crippen molar-refractivity contribution >= 4 is 34.9 Å². The summed E-state index contributed by atoms with van der Waals surface area (Å²) in [5.74, 6) is 0. The zero-order valence-electron chi connectivity index (χ0n) is 10.6. The molecule has 5 heteroatoms. The third-order valence-corrected chi connectivity index (χ3v) is 3.56. The van der Waals surface area contributed by atoms with Gasteiger partial charge in [-0.1, -0.05) is 13.3 Å². The molecule has 0 saturated carbocycles. The number of unbranched alkanes of at least 4 members (excludes halogenated alkanes) is 1. The standard InChI is InChI=1S/C12H19N3S2/c1-4-5-8-13-12(16)15(3)14-9-11-7-6-10(2)17-11/h6-7,9H,4-5,8H2,1-3H3,(H,13,16)/b14-9+. The van der Waals surface area contributed by atoms with Gasteiger partial charge in [0.2, 0.25) is 0 Å². The maximum atomic E-state index is 5.22. The molecule has 0 aliphatic heterocycles. The number of nitrogens with zero attached hydrogens (tertiary/aromatic N) is 2. The Bertz CT molecular complexity index is 385. The van der Waals surface area contributed by atoms with Crippen LogP contribution in [0.5, 0.6) is 0 Å². The largest absolute Gasteiger partial charge is 0.361 e. The molecule has 94 valence electrons. The zero-order chi connectivity index (χ0) is 12.7. The number of hydrazone groups is 1. The van der Waals surface area contributed by atoms with E-state index in [1.54, 1.807) is 16.3 Å². The third kappa shape index (κ3) is 5.28. The first-order chi connectivity index (χ1) is 8.13. The number of aryl methyl sites for hydroxylation is 1. The molecule has 1 aromatic heterocycles. The Morgan fingerprint density at radius 2 is 2.35 bits per heavy atom. The first kappa shape index (κ1) is 14.1. The van der Waals surface area contributed by atoms with Crippen LogP contribution in [0, 0.1) is 6.92 Å². The Hall–Kier alpha value is -0.940. The van der Waals surface area contributed by atoms with E-state index in [4.69, 9.17) is 12.2 Å². The number of hydrogen-bond acceptors (Lipinski definition) is 3. The molecule has 1 rings (SSSR count). The summed E-state index contributed by atoms with van der Waals surface area (Å²) < 4.78 is 0. The van der Waals surface area contributed by atoms with Gasteiger partial charge in [-0.25, -0.2) is 5.01 Å². The van der Waals surface area contributed by atoms with Gasteiger partial charge >= 0.3 is 0 Å². The van der Waals surface area contributed by atoms with E-state index in [2.05, 4.69) is 36.4 Å². The quantitative estimate of drug-likeness (QED) is 0.385. The minimum atomic E-state index is 0.669. The van der Waals surface area contributed by atoms with Crippen LogP contribution in [0.1, 0.15) is 29.5 Å². The molecule has 17 heavy (non-hydrogen) atoms. The monoisotopic (exact) mass is 269 g/mol. The Balaban J connectivity index is 2.40. The number of hydrogen-bond donors (Lipinski definition) is 1. The van der Waals surface area contributed by atoms with Crippen molar-refractivity contribution in [3.8, 4) is 0 Å². The minimum Gasteiger partial charge on any atom is -0.361 e. The Morgan fingerprint density at radius 3 is 2.94 bits per heavy atom. The average molecular weight is 269 g/mol. The lowest BCUT2D eigenvalue weighted by Crippen LogP contribution is -2.34. The van der Waals surface area contributed by atoms with Gasteiger partial charge < -0.3 is 5.32 Å². The van der Waals surface area contributed by atoms with Gasteiger partial charge in [-0.05, 0) is 37.7 Å². The molecule has 0 aliphatic rings. The van der Waals surface area contributed by atoms with Crippen LogP contribution in [0.25, 0.3) is 0 Å². The number of thiophene rings is 1. The van der Waals surface area contributed by atoms with Crippen molar-refractivity contribution < 1.29 is 0 Å². The van der Waals surface area contributed by atoms with Gasteiger partial charge in [0.1, 0.15) is 0 Å². The molecule has 0 unspecified atom stereocenters. The summed E-state index contributed by atoms with van der Waals surface area (Å²) in [5.41, 5.74) is 0. The second kappa shape index (κ2) is 7.40. The van der Waals surface area contributed by atoms with E-state index in [0.29, 0.717) is 5.11 Å². The molecule has 0 saturated heterocycles. The molecule has 0 spiro atoms. The van der Waals surface area contributed by atoms with Gasteiger partial charge in [0.25, 0.3) is 0 Å². The molecule has 1 heterocycles. The fourth-order valence-corrected chi connectivity index (χ4v) is 2.10. The zero-order valence-corrected chi connectivity index (χ0v) is 12.2. The molecular weight excluding hydrogens is 250 g/mol. The van der Waals surface area contributed by atoms with E-state index in [0.717, 1.165) is 24.3 Å². The highest BCUT2D eigenvalue weighted by molar-refractivity contribution is 7.80. The van der Waals surface area contributed by atoms with E-state index in [-0.39, 0.29) is 0 Å². The van der Waals surface area contributed by atoms with E-state index in [1.165, 1.54) is 4.88 Å². The van der Waals surface area contributed by atoms with Crippen LogP contribution in [0.4, 0.5) is 0 Å². The molecule has 1 N–H and O–H groups in total. The first-order valence-corrected chi connectivity index (χ1v) is 6.98. The van der Waals surface area contributed by atoms with Gasteiger partial charge in [0.05, 0.1) is 6.21 Å². The van der Waals surface area contributed by atoms with Crippen molar-refractivity contribution in [2.45, 2.75) is 26.7 Å². The molecule has 0 atom stereocenters. The normalized spacial score (nSPS) is 10.8. The highest BCUT2D eigenvalue weighted by atomic mass is 32.1. The van der Waals surface area contributed by atoms with Crippen molar-refractivity contribution in [3.05, 3.63) is 21.9 Å². The minimum absolute atomic E-state index is 0.669. The lowest BCUT2D eigenvalue weighted by molar-refractivity contribution is 0.530. The van der Waals surface area contributed by atoms with Gasteiger partial charge in [-0.2, -0.15) is 5.10 Å². The molecule has 0 fully saturated rings. The Kier molecular flexibility index (Phi) is 6.15. The van der Waals surface area contributed by atoms with Crippen LogP contribution >= 0.6 is 23.6 Å². The van der Waals surface area contributed by atoms with Crippen molar-refractivity contribution in [2.75, 3.05) is 13.6 Å². The van der Waals surface area contributed by atoms with E-state index in [1.807, 2.05) is 13.3 Å². The van der Waals surface area contributed by atoms with Crippen LogP contribution in [0.2, 0.25) is 0 Å². The molecule has 0 bridgehead atoms. The number of nitrogens with one attached hydrogen (secondary N) is 1. The van der Waals surface area contributed by atoms with Gasteiger partial charge in [0, 0.05) is 23.3 Å². The summed E-state index contributed by atoms with van der Waals surface area (Å²) >= 11 is 6.94. The molecule has 1 aromatic rings. The second-order valence-electron chi connectivity index (χ2n) is 3.80. The summed E-state index contributed by atoms with van der Waals surface area (Å²) in [6.07, 6.45) is 4.13. The highest BCUT2D eigenvalue weighted by Crippen LogP contribution is 2.12. The fraction of sp³-hybridized carbons (Fsp3) is 0.500. The Labute approximate surface area is 113 Å². The Morgan fingerprint density at radius 1 is 1.59 bits per heavy atom. The highest BCUT2D eigenvalue weighted by Gasteiger charge is 2.00. The van der Waals surface area contributed by atoms with Crippen molar-refractivity contribution in [2.24, 2.45) is 5.10 Å². The molecule has 0 radical (unpaired) electrons. The first-order valence-electron chi connectivity index (χ1n) is 5.75. The summed E-state index contributed by atoms with van der Waals surface area (Å²) in [6.45, 7) is 5.15. The van der Waals surface area contributed by atoms with Gasteiger partial charge in [-0.15, -0.1) is 11.3 Å². The average Bonchev–Trinajstić information content (AvgIpc) is 2.72. The molecule has 0 aromatic carbocycles. The lowest BCUT2D eigenvalue weighted by atomic mass is 10.3. The van der Waals surface area contributed by atoms with Crippen molar-refractivity contribution in [1.29, 1.82) is 0 Å². The summed E-state index contributed by atoms with van der Waals surface area (Å²) in [4.78, 5) is 2.43. The van der Waals surface area contributed by atoms with E-state index < -0.39 is 0 Å². The van der Waals surface area contributed by atoms with Crippen molar-refractivity contribution in [1.82, 2.24) is 10.3 Å². The van der Waals surface area contributed by atoms with Gasteiger partial charge in [-0.3, -0.25) is 0 Å². The third-order valence-electron chi connectivity index (χ3n) is 2.22. The molecule has 3 nitrogen and oxygen atoms in total. The summed E-state index contributed by atoms with van der Waals surface area (Å²) in [5, 5.41) is 9.84. The number of thiocarbonyl (C=S) groups is 1. The lowest BCUT2D eigenvalue weighted by Gasteiger charge is -2.14. The maximum absolute atomic E-state index is 5.22. The topological polar surface area (TPSA) is 27.6 Å². The molecule has 0 amide bonds. The maximum Gasteiger partial charge on any atom is 0.189 e. The SMILES string of the molecule is CCCCNC(=S)N(C)/N=C/c1ccc(C)s1. The van der Waals surface area contributed by atoms with Gasteiger partial charge in [0.15, 0.2) is 5.11 Å². The van der Waals surface area contributed by atoms with Crippen LogP contribution in [-0.2, 0) is 0 Å². The second-order valence-corrected chi connectivity index (χ2v) is 5.51.